The molecular weight excluding hydrogens is 374 g/mol. The van der Waals surface area contributed by atoms with E-state index in [0.717, 1.165) is 16.1 Å². The largest absolute Gasteiger partial charge is 0.441 e. The lowest BCUT2D eigenvalue weighted by Gasteiger charge is -2.16. The Morgan fingerprint density at radius 2 is 1.79 bits per heavy atom. The number of oxazole rings is 1. The van der Waals surface area contributed by atoms with E-state index in [0.29, 0.717) is 11.7 Å². The van der Waals surface area contributed by atoms with Gasteiger partial charge in [0.1, 0.15) is 5.76 Å². The van der Waals surface area contributed by atoms with Crippen LogP contribution in [0.15, 0.2) is 63.9 Å². The molecule has 1 heterocycles. The van der Waals surface area contributed by atoms with Crippen LogP contribution in [0.4, 0.5) is 5.69 Å². The van der Waals surface area contributed by atoms with Crippen LogP contribution in [0.5, 0.6) is 0 Å². The molecule has 0 saturated carbocycles. The van der Waals surface area contributed by atoms with Crippen LogP contribution < -0.4 is 5.32 Å². The number of aryl methyl sites for hydroxylation is 1. The summed E-state index contributed by atoms with van der Waals surface area (Å²) in [5.74, 6) is 0.163. The number of likely N-dealkylation sites (N-methyl/N-ethyl adjacent to an activating group) is 1. The minimum Gasteiger partial charge on any atom is -0.441 e. The molecule has 0 aliphatic rings. The summed E-state index contributed by atoms with van der Waals surface area (Å²) < 4.78 is 5.64. The van der Waals surface area contributed by atoms with Crippen LogP contribution in [-0.4, -0.2) is 41.5 Å². The van der Waals surface area contributed by atoms with Gasteiger partial charge in [-0.1, -0.05) is 30.3 Å². The Bertz CT molecular complexity index is 986. The average molecular weight is 395 g/mol. The Morgan fingerprint density at radius 3 is 2.50 bits per heavy atom. The van der Waals surface area contributed by atoms with Gasteiger partial charge in [-0.25, -0.2) is 4.98 Å². The van der Waals surface area contributed by atoms with Gasteiger partial charge >= 0.3 is 0 Å². The highest BCUT2D eigenvalue weighted by Crippen LogP contribution is 2.25. The molecule has 0 aliphatic heterocycles. The number of carbonyl (C=O) groups excluding carboxylic acids is 2. The molecule has 1 aromatic heterocycles. The number of carbonyl (C=O) groups is 2. The number of aromatic nitrogens is 1. The molecule has 28 heavy (non-hydrogen) atoms. The third-order valence-electron chi connectivity index (χ3n) is 4.13. The molecule has 0 saturated heterocycles. The van der Waals surface area contributed by atoms with Crippen molar-refractivity contribution in [1.29, 1.82) is 0 Å². The van der Waals surface area contributed by atoms with Gasteiger partial charge in [0.2, 0.25) is 11.8 Å². The molecule has 144 valence electrons. The Morgan fingerprint density at radius 1 is 1.11 bits per heavy atom. The van der Waals surface area contributed by atoms with Crippen molar-refractivity contribution >= 4 is 29.3 Å². The Kier molecular flexibility index (Phi) is 6.16. The summed E-state index contributed by atoms with van der Waals surface area (Å²) in [6.45, 7) is 1.60. The van der Waals surface area contributed by atoms with E-state index in [1.54, 1.807) is 25.7 Å². The SMILES string of the molecule is CSc1ccccc1NC(=O)CN(C)C(=O)c1nc(-c2ccccc2)oc1C. The molecule has 0 atom stereocenters. The number of para-hydroxylation sites is 1. The van der Waals surface area contributed by atoms with Crippen LogP contribution in [0.1, 0.15) is 16.2 Å². The molecule has 0 aliphatic carbocycles. The maximum Gasteiger partial charge on any atom is 0.276 e. The zero-order valence-corrected chi connectivity index (χ0v) is 16.7. The van der Waals surface area contributed by atoms with Crippen molar-refractivity contribution in [2.24, 2.45) is 0 Å². The topological polar surface area (TPSA) is 75.4 Å². The maximum absolute atomic E-state index is 12.7. The van der Waals surface area contributed by atoms with Crippen LogP contribution in [-0.2, 0) is 4.79 Å². The predicted molar refractivity (Wildman–Crippen MR) is 110 cm³/mol. The number of hydrogen-bond acceptors (Lipinski definition) is 5. The Labute approximate surface area is 168 Å². The van der Waals surface area contributed by atoms with Gasteiger partial charge in [0.15, 0.2) is 5.69 Å². The minimum atomic E-state index is -0.364. The fraction of sp³-hybridized carbons (Fsp3) is 0.190. The first-order valence-corrected chi connectivity index (χ1v) is 9.93. The molecule has 1 N–H and O–H groups in total. The van der Waals surface area contributed by atoms with Crippen LogP contribution in [0.2, 0.25) is 0 Å². The van der Waals surface area contributed by atoms with Crippen molar-refractivity contribution < 1.29 is 14.0 Å². The first-order chi connectivity index (χ1) is 13.5. The van der Waals surface area contributed by atoms with Gasteiger partial charge in [-0.3, -0.25) is 9.59 Å². The van der Waals surface area contributed by atoms with Gasteiger partial charge in [-0.05, 0) is 37.4 Å². The normalized spacial score (nSPS) is 10.5. The van der Waals surface area contributed by atoms with Crippen molar-refractivity contribution in [3.63, 3.8) is 0 Å². The van der Waals surface area contributed by atoms with Gasteiger partial charge in [-0.2, -0.15) is 0 Å². The summed E-state index contributed by atoms with van der Waals surface area (Å²) >= 11 is 1.54. The third-order valence-corrected chi connectivity index (χ3v) is 4.92. The van der Waals surface area contributed by atoms with Gasteiger partial charge in [0.05, 0.1) is 12.2 Å². The van der Waals surface area contributed by atoms with Crippen LogP contribution in [0.25, 0.3) is 11.5 Å². The molecular formula is C21H21N3O3S. The first-order valence-electron chi connectivity index (χ1n) is 8.70. The fourth-order valence-electron chi connectivity index (χ4n) is 2.70. The van der Waals surface area contributed by atoms with Gasteiger partial charge in [0, 0.05) is 17.5 Å². The molecule has 0 fully saturated rings. The number of rotatable bonds is 6. The number of nitrogens with zero attached hydrogens (tertiary/aromatic N) is 2. The standard InChI is InChI=1S/C21H21N3O3S/c1-14-19(23-20(27-14)15-9-5-4-6-10-15)21(26)24(2)13-18(25)22-16-11-7-8-12-17(16)28-3/h4-12H,13H2,1-3H3,(H,22,25). The molecule has 3 rings (SSSR count). The highest BCUT2D eigenvalue weighted by Gasteiger charge is 2.23. The second-order valence-electron chi connectivity index (χ2n) is 6.20. The zero-order chi connectivity index (χ0) is 20.1. The number of nitrogens with one attached hydrogen (secondary N) is 1. The first kappa shape index (κ1) is 19.7. The molecule has 3 aromatic rings. The number of anilines is 1. The van der Waals surface area contributed by atoms with Crippen molar-refractivity contribution in [2.45, 2.75) is 11.8 Å². The number of thioether (sulfide) groups is 1. The number of benzene rings is 2. The van der Waals surface area contributed by atoms with E-state index in [1.165, 1.54) is 4.90 Å². The summed E-state index contributed by atoms with van der Waals surface area (Å²) in [4.78, 5) is 31.7. The third kappa shape index (κ3) is 4.43. The summed E-state index contributed by atoms with van der Waals surface area (Å²) in [6.07, 6.45) is 1.94. The fourth-order valence-corrected chi connectivity index (χ4v) is 3.26. The molecule has 7 heteroatoms. The van der Waals surface area contributed by atoms with Crippen molar-refractivity contribution in [2.75, 3.05) is 25.2 Å². The van der Waals surface area contributed by atoms with E-state index >= 15 is 0 Å². The maximum atomic E-state index is 12.7. The molecule has 0 spiro atoms. The molecule has 2 amide bonds. The van der Waals surface area contributed by atoms with E-state index in [1.807, 2.05) is 60.9 Å². The number of hydrogen-bond donors (Lipinski definition) is 1. The average Bonchev–Trinajstić information content (AvgIpc) is 3.10. The van der Waals surface area contributed by atoms with E-state index in [-0.39, 0.29) is 24.1 Å². The van der Waals surface area contributed by atoms with E-state index in [2.05, 4.69) is 10.3 Å². The van der Waals surface area contributed by atoms with Gasteiger partial charge < -0.3 is 14.6 Å². The number of amides is 2. The zero-order valence-electron chi connectivity index (χ0n) is 15.9. The lowest BCUT2D eigenvalue weighted by molar-refractivity contribution is -0.116. The lowest BCUT2D eigenvalue weighted by Crippen LogP contribution is -2.35. The summed E-state index contributed by atoms with van der Waals surface area (Å²) in [5, 5.41) is 2.85. The highest BCUT2D eigenvalue weighted by atomic mass is 32.2. The quantitative estimate of drug-likeness (QED) is 0.637. The van der Waals surface area contributed by atoms with Crippen molar-refractivity contribution in [3.8, 4) is 11.5 Å². The molecule has 0 unspecified atom stereocenters. The molecule has 0 radical (unpaired) electrons. The summed E-state index contributed by atoms with van der Waals surface area (Å²) in [7, 11) is 1.57. The minimum absolute atomic E-state index is 0.0888. The van der Waals surface area contributed by atoms with Gasteiger partial charge in [-0.15, -0.1) is 11.8 Å². The van der Waals surface area contributed by atoms with E-state index < -0.39 is 0 Å². The predicted octanol–water partition coefficient (Wildman–Crippen LogP) is 4.08. The van der Waals surface area contributed by atoms with E-state index in [4.69, 9.17) is 4.42 Å². The van der Waals surface area contributed by atoms with E-state index in [9.17, 15) is 9.59 Å². The Hall–Kier alpha value is -3.06. The molecule has 6 nitrogen and oxygen atoms in total. The molecule has 0 bridgehead atoms. The second kappa shape index (κ2) is 8.75. The highest BCUT2D eigenvalue weighted by molar-refractivity contribution is 7.98. The van der Waals surface area contributed by atoms with Crippen molar-refractivity contribution in [1.82, 2.24) is 9.88 Å². The lowest BCUT2D eigenvalue weighted by atomic mass is 10.2. The summed E-state index contributed by atoms with van der Waals surface area (Å²) in [5.41, 5.74) is 1.72. The summed E-state index contributed by atoms with van der Waals surface area (Å²) in [6, 6.07) is 16.9. The van der Waals surface area contributed by atoms with Crippen molar-refractivity contribution in [3.05, 3.63) is 66.1 Å². The monoisotopic (exact) mass is 395 g/mol. The van der Waals surface area contributed by atoms with Gasteiger partial charge in [0.25, 0.3) is 5.91 Å². The van der Waals surface area contributed by atoms with Crippen LogP contribution >= 0.6 is 11.8 Å². The second-order valence-corrected chi connectivity index (χ2v) is 7.05. The smallest absolute Gasteiger partial charge is 0.276 e. The van der Waals surface area contributed by atoms with Crippen LogP contribution in [0.3, 0.4) is 0 Å². The van der Waals surface area contributed by atoms with Crippen LogP contribution in [0, 0.1) is 6.92 Å². The Balaban J connectivity index is 1.69. The molecule has 2 aromatic carbocycles.